The van der Waals surface area contributed by atoms with Crippen LogP contribution in [0.3, 0.4) is 0 Å². The summed E-state index contributed by atoms with van der Waals surface area (Å²) in [6, 6.07) is 10.1. The molecule has 0 heterocycles. The molecule has 0 radical (unpaired) electrons. The lowest BCUT2D eigenvalue weighted by Gasteiger charge is -2.08. The van der Waals surface area contributed by atoms with Crippen molar-refractivity contribution in [2.24, 2.45) is 0 Å². The number of benzene rings is 2. The van der Waals surface area contributed by atoms with E-state index < -0.39 is 0 Å². The molecule has 0 spiro atoms. The first kappa shape index (κ1) is 9.69. The molecule has 0 bridgehead atoms. The largest absolute Gasteiger partial charge is 0.392 e. The van der Waals surface area contributed by atoms with Gasteiger partial charge in [-0.2, -0.15) is 0 Å². The first-order chi connectivity index (χ1) is 6.74. The Kier molecular flexibility index (Phi) is 2.57. The highest BCUT2D eigenvalue weighted by molar-refractivity contribution is 9.10. The van der Waals surface area contributed by atoms with Crippen molar-refractivity contribution in [2.75, 3.05) is 0 Å². The average Bonchev–Trinajstić information content (AvgIpc) is 2.23. The van der Waals surface area contributed by atoms with Gasteiger partial charge in [0.2, 0.25) is 0 Å². The van der Waals surface area contributed by atoms with Gasteiger partial charge in [0.1, 0.15) is 0 Å². The molecule has 0 aliphatic heterocycles. The van der Waals surface area contributed by atoms with E-state index in [-0.39, 0.29) is 6.61 Å². The second-order valence-electron chi connectivity index (χ2n) is 3.36. The zero-order valence-corrected chi connectivity index (χ0v) is 9.51. The minimum atomic E-state index is 0.0919. The summed E-state index contributed by atoms with van der Waals surface area (Å²) >= 11 is 3.51. The van der Waals surface area contributed by atoms with Gasteiger partial charge in [0, 0.05) is 4.47 Å². The van der Waals surface area contributed by atoms with Crippen LogP contribution in [0.15, 0.2) is 34.8 Å². The second kappa shape index (κ2) is 3.71. The van der Waals surface area contributed by atoms with Crippen LogP contribution in [0.1, 0.15) is 11.1 Å². The van der Waals surface area contributed by atoms with Crippen LogP contribution in [0.5, 0.6) is 0 Å². The molecule has 2 aromatic carbocycles. The zero-order valence-electron chi connectivity index (χ0n) is 7.92. The molecule has 0 aliphatic rings. The maximum absolute atomic E-state index is 9.24. The summed E-state index contributed by atoms with van der Waals surface area (Å²) in [6.07, 6.45) is 0. The van der Waals surface area contributed by atoms with Crippen LogP contribution in [0.25, 0.3) is 10.8 Å². The fourth-order valence-electron chi connectivity index (χ4n) is 1.77. The van der Waals surface area contributed by atoms with Gasteiger partial charge in [-0.15, -0.1) is 0 Å². The topological polar surface area (TPSA) is 20.2 Å². The van der Waals surface area contributed by atoms with E-state index in [0.29, 0.717) is 0 Å². The van der Waals surface area contributed by atoms with Crippen molar-refractivity contribution in [3.05, 3.63) is 45.9 Å². The summed E-state index contributed by atoms with van der Waals surface area (Å²) in [5, 5.41) is 11.6. The van der Waals surface area contributed by atoms with E-state index in [0.717, 1.165) is 20.8 Å². The normalized spacial score (nSPS) is 10.8. The monoisotopic (exact) mass is 250 g/mol. The Balaban J connectivity index is 2.92. The number of hydrogen-bond donors (Lipinski definition) is 1. The number of aliphatic hydroxyl groups is 1. The fourth-order valence-corrected chi connectivity index (χ4v) is 2.23. The molecule has 0 saturated carbocycles. The SMILES string of the molecule is Cc1ccc(Br)c2cccc(CO)c12. The molecule has 14 heavy (non-hydrogen) atoms. The minimum Gasteiger partial charge on any atom is -0.392 e. The molecule has 1 nitrogen and oxygen atoms in total. The van der Waals surface area contributed by atoms with Crippen molar-refractivity contribution in [1.82, 2.24) is 0 Å². The van der Waals surface area contributed by atoms with Gasteiger partial charge in [-0.05, 0) is 34.9 Å². The Morgan fingerprint density at radius 1 is 1.21 bits per heavy atom. The molecular weight excluding hydrogens is 240 g/mol. The highest BCUT2D eigenvalue weighted by Crippen LogP contribution is 2.29. The lowest BCUT2D eigenvalue weighted by atomic mass is 10.0. The van der Waals surface area contributed by atoms with Crippen LogP contribution >= 0.6 is 15.9 Å². The number of aliphatic hydroxyl groups excluding tert-OH is 1. The number of halogens is 1. The van der Waals surface area contributed by atoms with E-state index in [9.17, 15) is 5.11 Å². The zero-order chi connectivity index (χ0) is 10.1. The Morgan fingerprint density at radius 2 is 2.00 bits per heavy atom. The fraction of sp³-hybridized carbons (Fsp3) is 0.167. The standard InChI is InChI=1S/C12H11BrO/c1-8-5-6-11(13)10-4-2-3-9(7-14)12(8)10/h2-6,14H,7H2,1H3. The molecule has 2 aromatic rings. The molecule has 0 amide bonds. The van der Waals surface area contributed by atoms with Crippen LogP contribution in [0.4, 0.5) is 0 Å². The Hall–Kier alpha value is -0.860. The maximum atomic E-state index is 9.24. The quantitative estimate of drug-likeness (QED) is 0.823. The number of rotatable bonds is 1. The molecule has 1 N–H and O–H groups in total. The van der Waals surface area contributed by atoms with Gasteiger partial charge in [-0.1, -0.05) is 40.2 Å². The first-order valence-corrected chi connectivity index (χ1v) is 5.31. The predicted molar refractivity (Wildman–Crippen MR) is 62.3 cm³/mol. The summed E-state index contributed by atoms with van der Waals surface area (Å²) in [7, 11) is 0. The molecule has 0 aromatic heterocycles. The molecule has 2 rings (SSSR count). The summed E-state index contributed by atoms with van der Waals surface area (Å²) in [4.78, 5) is 0. The summed E-state index contributed by atoms with van der Waals surface area (Å²) in [5.74, 6) is 0. The molecular formula is C12H11BrO. The molecule has 0 atom stereocenters. The van der Waals surface area contributed by atoms with Gasteiger partial charge in [0.25, 0.3) is 0 Å². The van der Waals surface area contributed by atoms with E-state index in [1.165, 1.54) is 5.56 Å². The number of aryl methyl sites for hydroxylation is 1. The van der Waals surface area contributed by atoms with Gasteiger partial charge in [-0.25, -0.2) is 0 Å². The number of hydrogen-bond acceptors (Lipinski definition) is 1. The van der Waals surface area contributed by atoms with E-state index >= 15 is 0 Å². The highest BCUT2D eigenvalue weighted by Gasteiger charge is 2.05. The van der Waals surface area contributed by atoms with E-state index in [4.69, 9.17) is 0 Å². The summed E-state index contributed by atoms with van der Waals surface area (Å²) in [5.41, 5.74) is 2.19. The smallest absolute Gasteiger partial charge is 0.0687 e. The Labute approximate surface area is 91.5 Å². The van der Waals surface area contributed by atoms with Gasteiger partial charge >= 0.3 is 0 Å². The Bertz CT molecular complexity index is 477. The highest BCUT2D eigenvalue weighted by atomic mass is 79.9. The average molecular weight is 251 g/mol. The summed E-state index contributed by atoms with van der Waals surface area (Å²) in [6.45, 7) is 2.16. The van der Waals surface area contributed by atoms with Crippen LogP contribution in [0, 0.1) is 6.92 Å². The molecule has 2 heteroatoms. The molecule has 0 unspecified atom stereocenters. The maximum Gasteiger partial charge on any atom is 0.0687 e. The van der Waals surface area contributed by atoms with E-state index in [1.54, 1.807) is 0 Å². The van der Waals surface area contributed by atoms with E-state index in [1.807, 2.05) is 18.2 Å². The minimum absolute atomic E-state index is 0.0919. The van der Waals surface area contributed by atoms with Crippen LogP contribution < -0.4 is 0 Å². The van der Waals surface area contributed by atoms with Crippen LogP contribution in [0.2, 0.25) is 0 Å². The third kappa shape index (κ3) is 1.45. The third-order valence-electron chi connectivity index (χ3n) is 2.45. The van der Waals surface area contributed by atoms with Gasteiger partial charge < -0.3 is 5.11 Å². The lowest BCUT2D eigenvalue weighted by molar-refractivity contribution is 0.283. The molecule has 0 aliphatic carbocycles. The van der Waals surface area contributed by atoms with Crippen molar-refractivity contribution in [2.45, 2.75) is 13.5 Å². The van der Waals surface area contributed by atoms with Gasteiger partial charge in [0.05, 0.1) is 6.61 Å². The van der Waals surface area contributed by atoms with Crippen molar-refractivity contribution >= 4 is 26.7 Å². The Morgan fingerprint density at radius 3 is 2.71 bits per heavy atom. The molecule has 0 saturated heterocycles. The van der Waals surface area contributed by atoms with Crippen molar-refractivity contribution in [3.63, 3.8) is 0 Å². The van der Waals surface area contributed by atoms with E-state index in [2.05, 4.69) is 35.0 Å². The van der Waals surface area contributed by atoms with Crippen LogP contribution in [-0.4, -0.2) is 5.11 Å². The number of fused-ring (bicyclic) bond motifs is 1. The second-order valence-corrected chi connectivity index (χ2v) is 4.22. The summed E-state index contributed by atoms with van der Waals surface area (Å²) < 4.78 is 1.08. The van der Waals surface area contributed by atoms with Crippen LogP contribution in [-0.2, 0) is 6.61 Å². The van der Waals surface area contributed by atoms with Gasteiger partial charge in [-0.3, -0.25) is 0 Å². The van der Waals surface area contributed by atoms with Crippen molar-refractivity contribution in [3.8, 4) is 0 Å². The predicted octanol–water partition coefficient (Wildman–Crippen LogP) is 3.40. The molecule has 72 valence electrons. The first-order valence-electron chi connectivity index (χ1n) is 4.51. The lowest BCUT2D eigenvalue weighted by Crippen LogP contribution is -1.88. The van der Waals surface area contributed by atoms with Crippen molar-refractivity contribution in [1.29, 1.82) is 0 Å². The molecule has 0 fully saturated rings. The van der Waals surface area contributed by atoms with Crippen molar-refractivity contribution < 1.29 is 5.11 Å². The van der Waals surface area contributed by atoms with Gasteiger partial charge in [0.15, 0.2) is 0 Å². The third-order valence-corrected chi connectivity index (χ3v) is 3.14.